The van der Waals surface area contributed by atoms with Crippen LogP contribution in [0.15, 0.2) is 24.3 Å². The van der Waals surface area contributed by atoms with Crippen LogP contribution in [0.2, 0.25) is 0 Å². The average molecular weight is 341 g/mol. The van der Waals surface area contributed by atoms with Crippen LogP contribution >= 0.6 is 0 Å². The van der Waals surface area contributed by atoms with Crippen LogP contribution in [0.3, 0.4) is 0 Å². The quantitative estimate of drug-likeness (QED) is 0.886. The van der Waals surface area contributed by atoms with Crippen molar-refractivity contribution in [3.05, 3.63) is 35.4 Å². The Morgan fingerprint density at radius 2 is 2.08 bits per heavy atom. The molecule has 1 N–H and O–H groups in total. The van der Waals surface area contributed by atoms with Gasteiger partial charge in [0.1, 0.15) is 5.60 Å². The number of hydrogen-bond acceptors (Lipinski definition) is 5. The summed E-state index contributed by atoms with van der Waals surface area (Å²) in [5.74, 6) is 0. The number of carbonyl (C=O) groups is 1. The Balaban J connectivity index is 2.22. The topological polar surface area (TPSA) is 97.3 Å². The molecule has 1 fully saturated rings. The van der Waals surface area contributed by atoms with Gasteiger partial charge in [-0.15, -0.1) is 0 Å². The first-order valence-electron chi connectivity index (χ1n) is 8.26. The molecule has 0 bridgehead atoms. The van der Waals surface area contributed by atoms with Crippen LogP contribution in [0.25, 0.3) is 0 Å². The summed E-state index contributed by atoms with van der Waals surface area (Å²) in [6, 6.07) is 10.8. The number of rotatable bonds is 5. The molecule has 6 heteroatoms. The molecule has 1 amide bonds. The molecule has 0 heterocycles. The molecular formula is C19H23N3O3. The van der Waals surface area contributed by atoms with Crippen molar-refractivity contribution in [2.75, 3.05) is 6.54 Å². The number of amides is 1. The lowest BCUT2D eigenvalue weighted by Gasteiger charge is -2.34. The van der Waals surface area contributed by atoms with Gasteiger partial charge in [-0.1, -0.05) is 12.1 Å². The molecule has 1 aromatic rings. The fourth-order valence-electron chi connectivity index (χ4n) is 2.71. The Bertz CT molecular complexity index is 721. The van der Waals surface area contributed by atoms with E-state index in [1.165, 1.54) is 4.90 Å². The van der Waals surface area contributed by atoms with Crippen LogP contribution < -0.4 is 0 Å². The zero-order chi connectivity index (χ0) is 18.7. The third-order valence-corrected chi connectivity index (χ3v) is 4.18. The molecule has 132 valence electrons. The first-order valence-corrected chi connectivity index (χ1v) is 8.26. The SMILES string of the molecule is CC(C)(C)OC(=O)N(CC(O)c1cccc(C#N)c1)C1(CC#N)CC1. The van der Waals surface area contributed by atoms with Gasteiger partial charge in [0.2, 0.25) is 0 Å². The van der Waals surface area contributed by atoms with Gasteiger partial charge in [-0.2, -0.15) is 10.5 Å². The summed E-state index contributed by atoms with van der Waals surface area (Å²) in [5.41, 5.74) is -0.229. The number of aliphatic hydroxyl groups is 1. The van der Waals surface area contributed by atoms with Crippen LogP contribution in [-0.4, -0.2) is 33.8 Å². The molecule has 1 atom stereocenters. The molecule has 1 aliphatic carbocycles. The van der Waals surface area contributed by atoms with Crippen molar-refractivity contribution in [3.8, 4) is 12.1 Å². The molecule has 0 radical (unpaired) electrons. The molecule has 0 aliphatic heterocycles. The number of hydrogen-bond donors (Lipinski definition) is 1. The maximum Gasteiger partial charge on any atom is 0.410 e. The van der Waals surface area contributed by atoms with Gasteiger partial charge in [-0.3, -0.25) is 4.90 Å². The van der Waals surface area contributed by atoms with Crippen molar-refractivity contribution in [1.82, 2.24) is 4.90 Å². The summed E-state index contributed by atoms with van der Waals surface area (Å²) >= 11 is 0. The van der Waals surface area contributed by atoms with Gasteiger partial charge in [-0.05, 0) is 51.3 Å². The van der Waals surface area contributed by atoms with E-state index in [4.69, 9.17) is 15.3 Å². The first-order chi connectivity index (χ1) is 11.7. The van der Waals surface area contributed by atoms with Gasteiger partial charge in [-0.25, -0.2) is 4.79 Å². The lowest BCUT2D eigenvalue weighted by Crippen LogP contribution is -2.46. The second-order valence-electron chi connectivity index (χ2n) is 7.40. The molecule has 0 saturated heterocycles. The maximum atomic E-state index is 12.6. The summed E-state index contributed by atoms with van der Waals surface area (Å²) in [7, 11) is 0. The fraction of sp³-hybridized carbons (Fsp3) is 0.526. The second kappa shape index (κ2) is 7.13. The summed E-state index contributed by atoms with van der Waals surface area (Å²) in [6.07, 6.45) is 0.139. The predicted octanol–water partition coefficient (Wildman–Crippen LogP) is 3.28. The van der Waals surface area contributed by atoms with Crippen molar-refractivity contribution in [3.63, 3.8) is 0 Å². The largest absolute Gasteiger partial charge is 0.444 e. The molecule has 1 unspecified atom stereocenters. The lowest BCUT2D eigenvalue weighted by molar-refractivity contribution is 0.000226. The molecule has 0 spiro atoms. The number of nitriles is 2. The highest BCUT2D eigenvalue weighted by Crippen LogP contribution is 2.45. The van der Waals surface area contributed by atoms with Crippen molar-refractivity contribution in [2.24, 2.45) is 0 Å². The molecule has 1 aromatic carbocycles. The highest BCUT2D eigenvalue weighted by molar-refractivity contribution is 5.70. The number of carbonyl (C=O) groups excluding carboxylic acids is 1. The number of β-amino-alcohol motifs (C(OH)–C–C–N with tert-alkyl or cyclic N) is 1. The van der Waals surface area contributed by atoms with Crippen LogP contribution in [0.4, 0.5) is 4.79 Å². The number of aliphatic hydroxyl groups excluding tert-OH is 1. The first kappa shape index (κ1) is 18.8. The van der Waals surface area contributed by atoms with E-state index >= 15 is 0 Å². The van der Waals surface area contributed by atoms with E-state index in [1.807, 2.05) is 6.07 Å². The van der Waals surface area contributed by atoms with Crippen molar-refractivity contribution < 1.29 is 14.6 Å². The Kier molecular flexibility index (Phi) is 5.35. The number of nitrogens with zero attached hydrogens (tertiary/aromatic N) is 3. The minimum Gasteiger partial charge on any atom is -0.444 e. The van der Waals surface area contributed by atoms with Crippen molar-refractivity contribution in [2.45, 2.75) is 57.3 Å². The van der Waals surface area contributed by atoms with Gasteiger partial charge in [0.15, 0.2) is 0 Å². The zero-order valence-corrected chi connectivity index (χ0v) is 14.8. The normalized spacial score (nSPS) is 16.2. The summed E-state index contributed by atoms with van der Waals surface area (Å²) in [5, 5.41) is 28.7. The van der Waals surface area contributed by atoms with E-state index in [0.717, 1.165) is 0 Å². The average Bonchev–Trinajstić information content (AvgIpc) is 3.31. The Hall–Kier alpha value is -2.57. The predicted molar refractivity (Wildman–Crippen MR) is 91.3 cm³/mol. The smallest absolute Gasteiger partial charge is 0.410 e. The highest BCUT2D eigenvalue weighted by Gasteiger charge is 2.51. The molecule has 25 heavy (non-hydrogen) atoms. The number of benzene rings is 1. The molecule has 6 nitrogen and oxygen atoms in total. The molecule has 1 saturated carbocycles. The minimum absolute atomic E-state index is 0.0193. The van der Waals surface area contributed by atoms with Gasteiger partial charge in [0, 0.05) is 0 Å². The number of ether oxygens (including phenoxy) is 1. The highest BCUT2D eigenvalue weighted by atomic mass is 16.6. The van der Waals surface area contributed by atoms with E-state index in [1.54, 1.807) is 45.0 Å². The minimum atomic E-state index is -0.961. The van der Waals surface area contributed by atoms with Crippen LogP contribution in [0.5, 0.6) is 0 Å². The third-order valence-electron chi connectivity index (χ3n) is 4.18. The van der Waals surface area contributed by atoms with Crippen molar-refractivity contribution >= 4 is 6.09 Å². The zero-order valence-electron chi connectivity index (χ0n) is 14.8. The van der Waals surface area contributed by atoms with Gasteiger partial charge in [0.25, 0.3) is 0 Å². The Morgan fingerprint density at radius 3 is 2.60 bits per heavy atom. The lowest BCUT2D eigenvalue weighted by atomic mass is 10.0. The summed E-state index contributed by atoms with van der Waals surface area (Å²) in [6.45, 7) is 5.35. The molecule has 2 rings (SSSR count). The van der Waals surface area contributed by atoms with Crippen LogP contribution in [0.1, 0.15) is 57.3 Å². The standard InChI is InChI=1S/C19H23N3O3/c1-18(2,3)25-17(24)22(19(7-8-19)9-10-20)13-16(23)15-6-4-5-14(11-15)12-21/h4-6,11,16,23H,7-9,13H2,1-3H3. The Morgan fingerprint density at radius 1 is 1.40 bits per heavy atom. The molecule has 0 aromatic heterocycles. The molecule has 1 aliphatic rings. The van der Waals surface area contributed by atoms with E-state index in [9.17, 15) is 9.90 Å². The van der Waals surface area contributed by atoms with Gasteiger partial charge < -0.3 is 9.84 Å². The third kappa shape index (κ3) is 4.71. The Labute approximate surface area is 148 Å². The monoisotopic (exact) mass is 341 g/mol. The van der Waals surface area contributed by atoms with Crippen molar-refractivity contribution in [1.29, 1.82) is 10.5 Å². The van der Waals surface area contributed by atoms with Crippen LogP contribution in [0, 0.1) is 22.7 Å². The second-order valence-corrected chi connectivity index (χ2v) is 7.40. The van der Waals surface area contributed by atoms with E-state index in [2.05, 4.69) is 6.07 Å². The van der Waals surface area contributed by atoms with E-state index in [-0.39, 0.29) is 13.0 Å². The van der Waals surface area contributed by atoms with Crippen LogP contribution in [-0.2, 0) is 4.74 Å². The summed E-state index contributed by atoms with van der Waals surface area (Å²) in [4.78, 5) is 14.1. The fourth-order valence-corrected chi connectivity index (χ4v) is 2.71. The maximum absolute atomic E-state index is 12.6. The molecular weight excluding hydrogens is 318 g/mol. The van der Waals surface area contributed by atoms with Gasteiger partial charge >= 0.3 is 6.09 Å². The van der Waals surface area contributed by atoms with E-state index in [0.29, 0.717) is 24.0 Å². The summed E-state index contributed by atoms with van der Waals surface area (Å²) < 4.78 is 5.47. The van der Waals surface area contributed by atoms with Gasteiger partial charge in [0.05, 0.1) is 42.3 Å². The van der Waals surface area contributed by atoms with E-state index < -0.39 is 23.3 Å².